The molecule has 1 atom stereocenters. The summed E-state index contributed by atoms with van der Waals surface area (Å²) in [5, 5.41) is 2.82. The van der Waals surface area contributed by atoms with Crippen molar-refractivity contribution in [2.75, 3.05) is 19.8 Å². The Morgan fingerprint density at radius 2 is 1.61 bits per heavy atom. The Hall–Kier alpha value is -3.02. The number of esters is 1. The van der Waals surface area contributed by atoms with Gasteiger partial charge in [0.05, 0.1) is 11.6 Å². The number of carbonyl (C=O) groups is 2. The lowest BCUT2D eigenvalue weighted by Gasteiger charge is -2.21. The minimum atomic E-state index is -0.516. The van der Waals surface area contributed by atoms with E-state index in [2.05, 4.69) is 19.2 Å². The Kier molecular flexibility index (Phi) is 6.19. The highest BCUT2D eigenvalue weighted by atomic mass is 16.6. The monoisotopic (exact) mass is 383 g/mol. The first kappa shape index (κ1) is 19.7. The van der Waals surface area contributed by atoms with Crippen molar-refractivity contribution in [1.82, 2.24) is 5.32 Å². The molecule has 0 radical (unpaired) electrons. The number of amides is 1. The summed E-state index contributed by atoms with van der Waals surface area (Å²) in [6.07, 6.45) is 0. The quantitative estimate of drug-likeness (QED) is 0.772. The van der Waals surface area contributed by atoms with Crippen molar-refractivity contribution in [2.24, 2.45) is 0 Å². The fourth-order valence-electron chi connectivity index (χ4n) is 2.91. The molecule has 6 nitrogen and oxygen atoms in total. The molecule has 2 aromatic carbocycles. The molecule has 1 heterocycles. The van der Waals surface area contributed by atoms with Crippen molar-refractivity contribution in [3.8, 4) is 11.5 Å². The van der Waals surface area contributed by atoms with Crippen molar-refractivity contribution < 1.29 is 23.8 Å². The fraction of sp³-hybridized carbons (Fsp3) is 0.364. The Bertz CT molecular complexity index is 845. The maximum Gasteiger partial charge on any atom is 0.338 e. The zero-order valence-electron chi connectivity index (χ0n) is 16.4. The number of hydrogen-bond acceptors (Lipinski definition) is 5. The van der Waals surface area contributed by atoms with Crippen molar-refractivity contribution in [3.63, 3.8) is 0 Å². The van der Waals surface area contributed by atoms with Crippen LogP contribution in [0.25, 0.3) is 0 Å². The number of nitrogens with one attached hydrogen (secondary N) is 1. The van der Waals surface area contributed by atoms with Gasteiger partial charge in [-0.3, -0.25) is 4.79 Å². The van der Waals surface area contributed by atoms with E-state index in [4.69, 9.17) is 14.2 Å². The first-order chi connectivity index (χ1) is 13.4. The molecule has 0 aliphatic carbocycles. The largest absolute Gasteiger partial charge is 0.486 e. The van der Waals surface area contributed by atoms with Crippen LogP contribution in [0.4, 0.5) is 0 Å². The van der Waals surface area contributed by atoms with Gasteiger partial charge in [-0.1, -0.05) is 32.0 Å². The molecule has 1 amide bonds. The Morgan fingerprint density at radius 3 is 2.29 bits per heavy atom. The molecule has 0 fully saturated rings. The number of rotatable bonds is 6. The summed E-state index contributed by atoms with van der Waals surface area (Å²) in [6, 6.07) is 12.5. The summed E-state index contributed by atoms with van der Waals surface area (Å²) < 4.78 is 16.2. The Labute approximate surface area is 164 Å². The second-order valence-electron chi connectivity index (χ2n) is 7.05. The van der Waals surface area contributed by atoms with Crippen LogP contribution in [0.2, 0.25) is 0 Å². The van der Waals surface area contributed by atoms with E-state index >= 15 is 0 Å². The van der Waals surface area contributed by atoms with E-state index in [0.717, 1.165) is 11.1 Å². The highest BCUT2D eigenvalue weighted by Crippen LogP contribution is 2.32. The van der Waals surface area contributed by atoms with Crippen molar-refractivity contribution in [1.29, 1.82) is 0 Å². The van der Waals surface area contributed by atoms with Gasteiger partial charge >= 0.3 is 5.97 Å². The molecule has 1 unspecified atom stereocenters. The second-order valence-corrected chi connectivity index (χ2v) is 7.05. The average molecular weight is 383 g/mol. The van der Waals surface area contributed by atoms with Gasteiger partial charge < -0.3 is 19.5 Å². The van der Waals surface area contributed by atoms with Crippen molar-refractivity contribution in [2.45, 2.75) is 32.7 Å². The standard InChI is InChI=1S/C22H25NO5/c1-14(2)16-4-6-17(7-5-16)22(25)28-13-21(24)23-15(3)18-8-9-19-20(12-18)27-11-10-26-19/h4-9,12,14-15H,10-11,13H2,1-3H3,(H,23,24). The molecule has 0 spiro atoms. The lowest BCUT2D eigenvalue weighted by molar-refractivity contribution is -0.124. The van der Waals surface area contributed by atoms with Gasteiger partial charge in [0, 0.05) is 0 Å². The molecule has 6 heteroatoms. The number of fused-ring (bicyclic) bond motifs is 1. The Balaban J connectivity index is 1.51. The van der Waals surface area contributed by atoms with Crippen LogP contribution in [0, 0.1) is 0 Å². The lowest BCUT2D eigenvalue weighted by atomic mass is 10.0. The molecule has 28 heavy (non-hydrogen) atoms. The molecule has 0 saturated carbocycles. The van der Waals surface area contributed by atoms with E-state index in [9.17, 15) is 9.59 Å². The summed E-state index contributed by atoms with van der Waals surface area (Å²) in [7, 11) is 0. The molecule has 0 aromatic heterocycles. The summed E-state index contributed by atoms with van der Waals surface area (Å²) in [6.45, 7) is 6.73. The predicted octanol–water partition coefficient (Wildman–Crippen LogP) is 3.62. The third-order valence-corrected chi connectivity index (χ3v) is 4.59. The summed E-state index contributed by atoms with van der Waals surface area (Å²) >= 11 is 0. The summed E-state index contributed by atoms with van der Waals surface area (Å²) in [4.78, 5) is 24.3. The van der Waals surface area contributed by atoms with Gasteiger partial charge in [0.25, 0.3) is 5.91 Å². The third-order valence-electron chi connectivity index (χ3n) is 4.59. The minimum Gasteiger partial charge on any atom is -0.486 e. The lowest BCUT2D eigenvalue weighted by Crippen LogP contribution is -2.31. The van der Waals surface area contributed by atoms with Gasteiger partial charge in [-0.2, -0.15) is 0 Å². The van der Waals surface area contributed by atoms with Crippen molar-refractivity contribution >= 4 is 11.9 Å². The van der Waals surface area contributed by atoms with Crippen LogP contribution in [0.15, 0.2) is 42.5 Å². The van der Waals surface area contributed by atoms with Crippen LogP contribution in [-0.4, -0.2) is 31.7 Å². The van der Waals surface area contributed by atoms with Crippen LogP contribution in [0.3, 0.4) is 0 Å². The van der Waals surface area contributed by atoms with Gasteiger partial charge in [0.15, 0.2) is 18.1 Å². The molecule has 3 rings (SSSR count). The van der Waals surface area contributed by atoms with E-state index < -0.39 is 5.97 Å². The zero-order valence-corrected chi connectivity index (χ0v) is 16.4. The molecule has 1 aliphatic rings. The van der Waals surface area contributed by atoms with Gasteiger partial charge in [-0.25, -0.2) is 4.79 Å². The van der Waals surface area contributed by atoms with E-state index in [0.29, 0.717) is 36.2 Å². The van der Waals surface area contributed by atoms with Crippen LogP contribution in [0.1, 0.15) is 54.2 Å². The second kappa shape index (κ2) is 8.78. The number of carbonyl (C=O) groups excluding carboxylic acids is 2. The van der Waals surface area contributed by atoms with Gasteiger partial charge in [-0.05, 0) is 48.2 Å². The number of hydrogen-bond donors (Lipinski definition) is 1. The third kappa shape index (κ3) is 4.82. The van der Waals surface area contributed by atoms with Crippen LogP contribution < -0.4 is 14.8 Å². The van der Waals surface area contributed by atoms with Gasteiger partial charge in [-0.15, -0.1) is 0 Å². The van der Waals surface area contributed by atoms with Gasteiger partial charge in [0.1, 0.15) is 13.2 Å². The molecular formula is C22H25NO5. The first-order valence-electron chi connectivity index (χ1n) is 9.40. The van der Waals surface area contributed by atoms with Crippen LogP contribution in [-0.2, 0) is 9.53 Å². The molecule has 1 N–H and O–H groups in total. The SMILES string of the molecule is CC(C)c1ccc(C(=O)OCC(=O)NC(C)c2ccc3c(c2)OCCO3)cc1. The molecule has 1 aliphatic heterocycles. The average Bonchev–Trinajstić information content (AvgIpc) is 2.71. The van der Waals surface area contributed by atoms with E-state index in [1.807, 2.05) is 37.3 Å². The molecule has 148 valence electrons. The van der Waals surface area contributed by atoms with E-state index in [1.54, 1.807) is 12.1 Å². The summed E-state index contributed by atoms with van der Waals surface area (Å²) in [5.74, 6) is 0.872. The maximum atomic E-state index is 12.2. The molecular weight excluding hydrogens is 358 g/mol. The van der Waals surface area contributed by atoms with E-state index in [1.165, 1.54) is 0 Å². The molecule has 0 saturated heterocycles. The van der Waals surface area contributed by atoms with Crippen molar-refractivity contribution in [3.05, 3.63) is 59.2 Å². The first-order valence-corrected chi connectivity index (χ1v) is 9.40. The molecule has 0 bridgehead atoms. The normalized spacial score (nSPS) is 13.7. The predicted molar refractivity (Wildman–Crippen MR) is 105 cm³/mol. The number of ether oxygens (including phenoxy) is 3. The smallest absolute Gasteiger partial charge is 0.338 e. The van der Waals surface area contributed by atoms with Crippen LogP contribution >= 0.6 is 0 Å². The van der Waals surface area contributed by atoms with Gasteiger partial charge in [0.2, 0.25) is 0 Å². The topological polar surface area (TPSA) is 73.9 Å². The molecule has 2 aromatic rings. The van der Waals surface area contributed by atoms with Crippen LogP contribution in [0.5, 0.6) is 11.5 Å². The minimum absolute atomic E-state index is 0.257. The Morgan fingerprint density at radius 1 is 0.964 bits per heavy atom. The van der Waals surface area contributed by atoms with E-state index in [-0.39, 0.29) is 18.6 Å². The number of benzene rings is 2. The zero-order chi connectivity index (χ0) is 20.1. The highest BCUT2D eigenvalue weighted by Gasteiger charge is 2.17. The fourth-order valence-corrected chi connectivity index (χ4v) is 2.91. The highest BCUT2D eigenvalue weighted by molar-refractivity contribution is 5.91. The summed E-state index contributed by atoms with van der Waals surface area (Å²) in [5.41, 5.74) is 2.45. The maximum absolute atomic E-state index is 12.2.